The molecule has 0 saturated heterocycles. The fourth-order valence-corrected chi connectivity index (χ4v) is 3.83. The molecule has 0 bridgehead atoms. The van der Waals surface area contributed by atoms with Gasteiger partial charge in [0, 0.05) is 36.7 Å². The Morgan fingerprint density at radius 3 is 2.21 bits per heavy atom. The zero-order chi connectivity index (χ0) is 20.4. The van der Waals surface area contributed by atoms with Gasteiger partial charge >= 0.3 is 0 Å². The van der Waals surface area contributed by atoms with Crippen LogP contribution in [0.5, 0.6) is 0 Å². The van der Waals surface area contributed by atoms with Crippen LogP contribution in [0.3, 0.4) is 0 Å². The largest absolute Gasteiger partial charge is 0.467 e. The maximum atomic E-state index is 12.6. The summed E-state index contributed by atoms with van der Waals surface area (Å²) in [6, 6.07) is 14.3. The van der Waals surface area contributed by atoms with Crippen LogP contribution in [0, 0.1) is 5.82 Å². The molecule has 2 aromatic carbocycles. The molecule has 0 N–H and O–H groups in total. The number of hydrogen-bond acceptors (Lipinski definition) is 4. The second-order valence-electron chi connectivity index (χ2n) is 7.42. The number of carbonyl (C=O) groups excluding carboxylic acids is 2. The van der Waals surface area contributed by atoms with Gasteiger partial charge in [-0.1, -0.05) is 0 Å². The number of nitrogens with zero attached hydrogens (tertiary/aromatic N) is 1. The first-order valence-corrected chi connectivity index (χ1v) is 9.72. The van der Waals surface area contributed by atoms with Crippen molar-refractivity contribution in [3.63, 3.8) is 0 Å². The Hall–Kier alpha value is -3.21. The molecule has 5 heteroatoms. The van der Waals surface area contributed by atoms with Gasteiger partial charge in [0.25, 0.3) is 0 Å². The Kier molecular flexibility index (Phi) is 5.30. The second-order valence-corrected chi connectivity index (χ2v) is 7.42. The summed E-state index contributed by atoms with van der Waals surface area (Å²) in [5, 5.41) is 0. The monoisotopic (exact) mass is 391 g/mol. The van der Waals surface area contributed by atoms with Crippen molar-refractivity contribution in [2.75, 3.05) is 11.9 Å². The van der Waals surface area contributed by atoms with Gasteiger partial charge in [-0.2, -0.15) is 0 Å². The van der Waals surface area contributed by atoms with E-state index in [1.807, 2.05) is 31.3 Å². The van der Waals surface area contributed by atoms with Gasteiger partial charge in [-0.15, -0.1) is 0 Å². The summed E-state index contributed by atoms with van der Waals surface area (Å²) in [7, 11) is 2.03. The van der Waals surface area contributed by atoms with Crippen LogP contribution in [0.1, 0.15) is 50.4 Å². The average Bonchev–Trinajstić information content (AvgIpc) is 3.44. The lowest BCUT2D eigenvalue weighted by Crippen LogP contribution is -2.16. The molecule has 0 aliphatic heterocycles. The molecule has 148 valence electrons. The zero-order valence-corrected chi connectivity index (χ0v) is 16.3. The number of Topliss-reactive ketones (excluding diaryl/α,β-unsaturated/α-hetero) is 2. The molecular weight excluding hydrogens is 369 g/mol. The molecule has 29 heavy (non-hydrogen) atoms. The lowest BCUT2D eigenvalue weighted by atomic mass is 10.1. The average molecular weight is 391 g/mol. The van der Waals surface area contributed by atoms with Gasteiger partial charge in [0.2, 0.25) is 0 Å². The molecule has 1 aromatic heterocycles. The SMILES string of the molecule is CN(Cc1ccco1)c1ccc2c(c1)CCC2=O.O=C1CCc2cc(F)ccc21. The fourth-order valence-electron chi connectivity index (χ4n) is 3.83. The molecule has 4 nitrogen and oxygen atoms in total. The maximum absolute atomic E-state index is 12.6. The quantitative estimate of drug-likeness (QED) is 0.630. The van der Waals surface area contributed by atoms with Gasteiger partial charge in [-0.05, 0) is 72.5 Å². The molecule has 5 rings (SSSR count). The molecule has 0 amide bonds. The number of halogens is 1. The van der Waals surface area contributed by atoms with E-state index in [0.29, 0.717) is 24.8 Å². The maximum Gasteiger partial charge on any atom is 0.163 e. The smallest absolute Gasteiger partial charge is 0.163 e. The minimum Gasteiger partial charge on any atom is -0.467 e. The van der Waals surface area contributed by atoms with E-state index in [0.717, 1.165) is 35.5 Å². The Balaban J connectivity index is 0.000000159. The number of benzene rings is 2. The Labute approximate surface area is 169 Å². The highest BCUT2D eigenvalue weighted by Gasteiger charge is 2.20. The van der Waals surface area contributed by atoms with Crippen LogP contribution < -0.4 is 4.90 Å². The van der Waals surface area contributed by atoms with E-state index in [9.17, 15) is 14.0 Å². The molecule has 0 radical (unpaired) electrons. The highest BCUT2D eigenvalue weighted by Crippen LogP contribution is 2.27. The Morgan fingerprint density at radius 2 is 1.55 bits per heavy atom. The number of furan rings is 1. The lowest BCUT2D eigenvalue weighted by Gasteiger charge is -2.18. The van der Waals surface area contributed by atoms with E-state index < -0.39 is 0 Å². The van der Waals surface area contributed by atoms with Gasteiger partial charge in [0.05, 0.1) is 12.8 Å². The summed E-state index contributed by atoms with van der Waals surface area (Å²) in [4.78, 5) is 24.8. The third kappa shape index (κ3) is 4.14. The summed E-state index contributed by atoms with van der Waals surface area (Å²) in [6.07, 6.45) is 4.45. The van der Waals surface area contributed by atoms with Gasteiger partial charge in [0.15, 0.2) is 11.6 Å². The van der Waals surface area contributed by atoms with Crippen LogP contribution in [0.15, 0.2) is 59.2 Å². The molecule has 0 fully saturated rings. The van der Waals surface area contributed by atoms with Crippen LogP contribution >= 0.6 is 0 Å². The van der Waals surface area contributed by atoms with Gasteiger partial charge in [-0.25, -0.2) is 4.39 Å². The molecule has 0 atom stereocenters. The predicted octanol–water partition coefficient (Wildman–Crippen LogP) is 5.00. The third-order valence-corrected chi connectivity index (χ3v) is 5.41. The van der Waals surface area contributed by atoms with Crippen LogP contribution in [0.2, 0.25) is 0 Å². The molecule has 0 saturated carbocycles. The summed E-state index contributed by atoms with van der Waals surface area (Å²) in [5.74, 6) is 1.10. The number of fused-ring (bicyclic) bond motifs is 2. The van der Waals surface area contributed by atoms with Crippen molar-refractivity contribution in [1.29, 1.82) is 0 Å². The summed E-state index contributed by atoms with van der Waals surface area (Å²) in [5.41, 5.74) is 4.75. The minimum absolute atomic E-state index is 0.139. The molecular formula is C24H22FNO3. The standard InChI is InChI=1S/C15H15NO2.C9H7FO/c1-16(10-13-3-2-8-18-13)12-5-6-14-11(9-12)4-7-15(14)17;10-7-2-3-8-6(5-7)1-4-9(8)11/h2-3,5-6,8-9H,4,7,10H2,1H3;2-3,5H,1,4H2. The zero-order valence-electron chi connectivity index (χ0n) is 16.3. The van der Waals surface area contributed by atoms with Crippen molar-refractivity contribution >= 4 is 17.3 Å². The summed E-state index contributed by atoms with van der Waals surface area (Å²) < 4.78 is 17.9. The first kappa shape index (κ1) is 19.1. The number of aryl methyl sites for hydroxylation is 2. The van der Waals surface area contributed by atoms with Crippen molar-refractivity contribution in [2.24, 2.45) is 0 Å². The van der Waals surface area contributed by atoms with E-state index >= 15 is 0 Å². The normalized spacial score (nSPS) is 14.3. The summed E-state index contributed by atoms with van der Waals surface area (Å²) >= 11 is 0. The van der Waals surface area contributed by atoms with Crippen molar-refractivity contribution in [2.45, 2.75) is 32.2 Å². The van der Waals surface area contributed by atoms with Crippen LogP contribution in [0.25, 0.3) is 0 Å². The topological polar surface area (TPSA) is 50.5 Å². The number of ketones is 2. The Morgan fingerprint density at radius 1 is 0.897 bits per heavy atom. The van der Waals surface area contributed by atoms with Crippen molar-refractivity contribution in [3.8, 4) is 0 Å². The molecule has 3 aromatic rings. The fraction of sp³-hybridized carbons (Fsp3) is 0.250. The first-order chi connectivity index (χ1) is 14.0. The van der Waals surface area contributed by atoms with Crippen LogP contribution in [-0.4, -0.2) is 18.6 Å². The van der Waals surface area contributed by atoms with Crippen molar-refractivity contribution in [3.05, 3.63) is 88.6 Å². The van der Waals surface area contributed by atoms with E-state index in [2.05, 4.69) is 11.0 Å². The van der Waals surface area contributed by atoms with Gasteiger partial charge < -0.3 is 9.32 Å². The first-order valence-electron chi connectivity index (χ1n) is 9.72. The molecule has 1 heterocycles. The van der Waals surface area contributed by atoms with E-state index in [4.69, 9.17) is 4.42 Å². The number of carbonyl (C=O) groups is 2. The molecule has 0 unspecified atom stereocenters. The van der Waals surface area contributed by atoms with Gasteiger partial charge in [0.1, 0.15) is 11.6 Å². The molecule has 2 aliphatic carbocycles. The number of hydrogen-bond donors (Lipinski definition) is 0. The van der Waals surface area contributed by atoms with E-state index in [1.165, 1.54) is 17.7 Å². The highest BCUT2D eigenvalue weighted by atomic mass is 19.1. The summed E-state index contributed by atoms with van der Waals surface area (Å²) in [6.45, 7) is 0.736. The van der Waals surface area contributed by atoms with Crippen molar-refractivity contribution < 1.29 is 18.4 Å². The minimum atomic E-state index is -0.251. The lowest BCUT2D eigenvalue weighted by molar-refractivity contribution is 0.0986. The van der Waals surface area contributed by atoms with Crippen LogP contribution in [-0.2, 0) is 19.4 Å². The second kappa shape index (κ2) is 8.03. The van der Waals surface area contributed by atoms with E-state index in [1.54, 1.807) is 12.3 Å². The molecule has 0 spiro atoms. The predicted molar refractivity (Wildman–Crippen MR) is 109 cm³/mol. The highest BCUT2D eigenvalue weighted by molar-refractivity contribution is 6.01. The Bertz CT molecular complexity index is 1060. The third-order valence-electron chi connectivity index (χ3n) is 5.41. The van der Waals surface area contributed by atoms with Gasteiger partial charge in [-0.3, -0.25) is 9.59 Å². The van der Waals surface area contributed by atoms with Crippen LogP contribution in [0.4, 0.5) is 10.1 Å². The number of rotatable bonds is 3. The van der Waals surface area contributed by atoms with E-state index in [-0.39, 0.29) is 17.4 Å². The van der Waals surface area contributed by atoms with Crippen molar-refractivity contribution in [1.82, 2.24) is 0 Å². The number of anilines is 1. The molecule has 2 aliphatic rings.